The minimum Gasteiger partial charge on any atom is -0.490 e. The molecular weight excluding hydrogens is 228 g/mol. The molecule has 3 nitrogen and oxygen atoms in total. The maximum atomic E-state index is 10.5. The molecule has 3 heteroatoms. The van der Waals surface area contributed by atoms with E-state index < -0.39 is 5.97 Å². The minimum absolute atomic E-state index is 0.219. The van der Waals surface area contributed by atoms with Crippen molar-refractivity contribution in [2.45, 2.75) is 51.6 Å². The first-order valence-electron chi connectivity index (χ1n) is 6.63. The molecule has 2 rings (SSSR count). The first-order valence-corrected chi connectivity index (χ1v) is 6.63. The monoisotopic (exact) mass is 248 g/mol. The van der Waals surface area contributed by atoms with Crippen molar-refractivity contribution >= 4 is 5.97 Å². The molecule has 1 aliphatic carbocycles. The molecule has 0 spiro atoms. The largest absolute Gasteiger partial charge is 0.490 e. The van der Waals surface area contributed by atoms with Crippen LogP contribution in [0.1, 0.15) is 43.2 Å². The summed E-state index contributed by atoms with van der Waals surface area (Å²) in [6, 6.07) is 6.17. The van der Waals surface area contributed by atoms with E-state index in [2.05, 4.69) is 12.1 Å². The van der Waals surface area contributed by atoms with Crippen LogP contribution in [0.4, 0.5) is 0 Å². The third kappa shape index (κ3) is 3.49. The van der Waals surface area contributed by atoms with E-state index in [9.17, 15) is 4.79 Å². The maximum Gasteiger partial charge on any atom is 0.303 e. The van der Waals surface area contributed by atoms with Gasteiger partial charge in [-0.25, -0.2) is 0 Å². The highest BCUT2D eigenvalue weighted by Crippen LogP contribution is 2.29. The van der Waals surface area contributed by atoms with Gasteiger partial charge in [-0.2, -0.15) is 0 Å². The number of hydrogen-bond donors (Lipinski definition) is 1. The fraction of sp³-hybridized carbons (Fsp3) is 0.533. The quantitative estimate of drug-likeness (QED) is 0.840. The van der Waals surface area contributed by atoms with E-state index in [1.54, 1.807) is 0 Å². The van der Waals surface area contributed by atoms with E-state index >= 15 is 0 Å². The third-order valence-corrected chi connectivity index (χ3v) is 3.40. The molecule has 0 atom stereocenters. The van der Waals surface area contributed by atoms with Gasteiger partial charge in [0.1, 0.15) is 5.75 Å². The van der Waals surface area contributed by atoms with Crippen molar-refractivity contribution in [1.29, 1.82) is 0 Å². The number of carboxylic acid groups (broad SMARTS) is 1. The predicted octanol–water partition coefficient (Wildman–Crippen LogP) is 3.33. The molecule has 1 saturated carbocycles. The summed E-state index contributed by atoms with van der Waals surface area (Å²) in [6.07, 6.45) is 5.56. The Bertz CT molecular complexity index is 422. The molecule has 1 aromatic rings. The van der Waals surface area contributed by atoms with Crippen molar-refractivity contribution in [3.63, 3.8) is 0 Å². The average Bonchev–Trinajstić information content (AvgIpc) is 2.25. The molecular formula is C15H20O3. The minimum atomic E-state index is -0.732. The van der Waals surface area contributed by atoms with Crippen molar-refractivity contribution in [2.75, 3.05) is 0 Å². The molecule has 0 amide bonds. The first-order chi connectivity index (χ1) is 8.65. The van der Waals surface area contributed by atoms with Crippen molar-refractivity contribution in [3.8, 4) is 5.75 Å². The molecule has 0 aromatic heterocycles. The number of aliphatic carboxylic acids is 1. The molecule has 0 bridgehead atoms. The van der Waals surface area contributed by atoms with Gasteiger partial charge in [0.15, 0.2) is 0 Å². The Kier molecular flexibility index (Phi) is 4.24. The van der Waals surface area contributed by atoms with Gasteiger partial charge >= 0.3 is 5.97 Å². The summed E-state index contributed by atoms with van der Waals surface area (Å²) >= 11 is 0. The standard InChI is InChI=1S/C15H20O3/c1-11-8-9-14(18-13-5-3-6-13)12(10-11)4-2-7-15(16)17/h8-10,13H,2-7H2,1H3,(H,16,17). The first kappa shape index (κ1) is 12.9. The smallest absolute Gasteiger partial charge is 0.303 e. The van der Waals surface area contributed by atoms with Crippen molar-refractivity contribution < 1.29 is 14.6 Å². The van der Waals surface area contributed by atoms with Gasteiger partial charge in [-0.05, 0) is 50.7 Å². The Balaban J connectivity index is 2.00. The van der Waals surface area contributed by atoms with Crippen molar-refractivity contribution in [2.24, 2.45) is 0 Å². The molecule has 1 N–H and O–H groups in total. The van der Waals surface area contributed by atoms with Gasteiger partial charge < -0.3 is 9.84 Å². The summed E-state index contributed by atoms with van der Waals surface area (Å²) in [5.74, 6) is 0.208. The van der Waals surface area contributed by atoms with Crippen LogP contribution in [-0.2, 0) is 11.2 Å². The number of ether oxygens (including phenoxy) is 1. The number of carbonyl (C=O) groups is 1. The van der Waals surface area contributed by atoms with Crippen molar-refractivity contribution in [1.82, 2.24) is 0 Å². The topological polar surface area (TPSA) is 46.5 Å². The highest BCUT2D eigenvalue weighted by Gasteiger charge is 2.20. The second kappa shape index (κ2) is 5.89. The third-order valence-electron chi connectivity index (χ3n) is 3.40. The Labute approximate surface area is 108 Å². The second-order valence-corrected chi connectivity index (χ2v) is 5.03. The maximum absolute atomic E-state index is 10.5. The average molecular weight is 248 g/mol. The molecule has 0 aliphatic heterocycles. The van der Waals surface area contributed by atoms with Gasteiger partial charge in [0.25, 0.3) is 0 Å². The number of aryl methyl sites for hydroxylation is 2. The van der Waals surface area contributed by atoms with Gasteiger partial charge in [-0.3, -0.25) is 4.79 Å². The lowest BCUT2D eigenvalue weighted by atomic mass is 9.96. The van der Waals surface area contributed by atoms with Gasteiger partial charge in [0.2, 0.25) is 0 Å². The van der Waals surface area contributed by atoms with Crippen LogP contribution >= 0.6 is 0 Å². The molecule has 18 heavy (non-hydrogen) atoms. The number of benzene rings is 1. The van der Waals surface area contributed by atoms with Crippen LogP contribution in [0.25, 0.3) is 0 Å². The van der Waals surface area contributed by atoms with Gasteiger partial charge in [0, 0.05) is 6.42 Å². The molecule has 0 heterocycles. The van der Waals surface area contributed by atoms with E-state index in [0.29, 0.717) is 12.5 Å². The van der Waals surface area contributed by atoms with Gasteiger partial charge in [0.05, 0.1) is 6.10 Å². The van der Waals surface area contributed by atoms with E-state index in [1.807, 2.05) is 13.0 Å². The Morgan fingerprint density at radius 3 is 2.83 bits per heavy atom. The predicted molar refractivity (Wildman–Crippen MR) is 70.0 cm³/mol. The van der Waals surface area contributed by atoms with Gasteiger partial charge in [-0.1, -0.05) is 17.7 Å². The number of hydrogen-bond acceptors (Lipinski definition) is 2. The second-order valence-electron chi connectivity index (χ2n) is 5.03. The lowest BCUT2D eigenvalue weighted by Gasteiger charge is -2.27. The molecule has 0 unspecified atom stereocenters. The fourth-order valence-electron chi connectivity index (χ4n) is 2.12. The lowest BCUT2D eigenvalue weighted by Crippen LogP contribution is -2.25. The fourth-order valence-corrected chi connectivity index (χ4v) is 2.12. The molecule has 1 aliphatic rings. The van der Waals surface area contributed by atoms with Crippen LogP contribution < -0.4 is 4.74 Å². The van der Waals surface area contributed by atoms with E-state index in [4.69, 9.17) is 9.84 Å². The summed E-state index contributed by atoms with van der Waals surface area (Å²) in [6.45, 7) is 2.05. The van der Waals surface area contributed by atoms with Crippen LogP contribution in [0.3, 0.4) is 0 Å². The van der Waals surface area contributed by atoms with Crippen molar-refractivity contribution in [3.05, 3.63) is 29.3 Å². The highest BCUT2D eigenvalue weighted by molar-refractivity contribution is 5.66. The van der Waals surface area contributed by atoms with Crippen LogP contribution in [-0.4, -0.2) is 17.2 Å². The molecule has 0 saturated heterocycles. The zero-order chi connectivity index (χ0) is 13.0. The SMILES string of the molecule is Cc1ccc(OC2CCC2)c(CCCC(=O)O)c1. The van der Waals surface area contributed by atoms with Crippen LogP contribution in [0.2, 0.25) is 0 Å². The molecule has 1 fully saturated rings. The van der Waals surface area contributed by atoms with Crippen LogP contribution in [0.5, 0.6) is 5.75 Å². The summed E-state index contributed by atoms with van der Waals surface area (Å²) in [7, 11) is 0. The zero-order valence-corrected chi connectivity index (χ0v) is 10.8. The molecule has 1 aromatic carbocycles. The van der Waals surface area contributed by atoms with Crippen LogP contribution in [0.15, 0.2) is 18.2 Å². The Hall–Kier alpha value is -1.51. The van der Waals surface area contributed by atoms with E-state index in [0.717, 1.165) is 30.6 Å². The highest BCUT2D eigenvalue weighted by atomic mass is 16.5. The normalized spacial score (nSPS) is 15.2. The number of carboxylic acids is 1. The molecule has 98 valence electrons. The van der Waals surface area contributed by atoms with E-state index in [1.165, 1.54) is 12.0 Å². The van der Waals surface area contributed by atoms with E-state index in [-0.39, 0.29) is 6.42 Å². The number of rotatable bonds is 6. The summed E-state index contributed by atoms with van der Waals surface area (Å²) in [4.78, 5) is 10.5. The summed E-state index contributed by atoms with van der Waals surface area (Å²) in [5.41, 5.74) is 2.34. The lowest BCUT2D eigenvalue weighted by molar-refractivity contribution is -0.137. The Morgan fingerprint density at radius 2 is 2.22 bits per heavy atom. The summed E-state index contributed by atoms with van der Waals surface area (Å²) < 4.78 is 5.95. The van der Waals surface area contributed by atoms with Gasteiger partial charge in [-0.15, -0.1) is 0 Å². The Morgan fingerprint density at radius 1 is 1.44 bits per heavy atom. The summed E-state index contributed by atoms with van der Waals surface area (Å²) in [5, 5.41) is 8.68. The molecule has 0 radical (unpaired) electrons. The van der Waals surface area contributed by atoms with Crippen LogP contribution in [0, 0.1) is 6.92 Å². The zero-order valence-electron chi connectivity index (χ0n) is 10.8.